The number of carbonyl (C=O) groups is 1. The Hall–Kier alpha value is -2.64. The van der Waals surface area contributed by atoms with Gasteiger partial charge in [0.2, 0.25) is 5.88 Å². The molecule has 1 aromatic carbocycles. The Kier molecular flexibility index (Phi) is 4.14. The average molecular weight is 354 g/mol. The van der Waals surface area contributed by atoms with E-state index in [-0.39, 0.29) is 35.9 Å². The molecule has 1 aliphatic carbocycles. The third-order valence-electron chi connectivity index (χ3n) is 4.22. The first-order chi connectivity index (χ1) is 11.8. The molecular formula is C17H14F4N2O2. The molecule has 1 saturated carbocycles. The van der Waals surface area contributed by atoms with Crippen molar-refractivity contribution < 1.29 is 27.1 Å². The van der Waals surface area contributed by atoms with Crippen molar-refractivity contribution in [2.24, 2.45) is 0 Å². The number of alkyl halides is 3. The van der Waals surface area contributed by atoms with Crippen LogP contribution in [-0.2, 0) is 5.41 Å². The van der Waals surface area contributed by atoms with E-state index in [2.05, 4.69) is 10.3 Å². The van der Waals surface area contributed by atoms with E-state index >= 15 is 0 Å². The maximum atomic E-state index is 14.2. The molecule has 0 unspecified atom stereocenters. The van der Waals surface area contributed by atoms with Crippen molar-refractivity contribution in [2.45, 2.75) is 24.4 Å². The van der Waals surface area contributed by atoms with Crippen LogP contribution in [0.5, 0.6) is 11.6 Å². The topological polar surface area (TPSA) is 51.2 Å². The molecule has 1 fully saturated rings. The summed E-state index contributed by atoms with van der Waals surface area (Å²) in [5.74, 6) is -1.44. The highest BCUT2D eigenvalue weighted by Crippen LogP contribution is 2.59. The molecule has 8 heteroatoms. The Balaban J connectivity index is 1.79. The zero-order valence-electron chi connectivity index (χ0n) is 13.2. The van der Waals surface area contributed by atoms with Crippen LogP contribution in [0.2, 0.25) is 0 Å². The minimum Gasteiger partial charge on any atom is -0.436 e. The van der Waals surface area contributed by atoms with Gasteiger partial charge in [0, 0.05) is 19.3 Å². The van der Waals surface area contributed by atoms with Gasteiger partial charge in [-0.1, -0.05) is 6.07 Å². The number of hydrogen-bond acceptors (Lipinski definition) is 3. The summed E-state index contributed by atoms with van der Waals surface area (Å²) in [5.41, 5.74) is -1.75. The van der Waals surface area contributed by atoms with Crippen LogP contribution in [0, 0.1) is 5.82 Å². The van der Waals surface area contributed by atoms with Gasteiger partial charge in [-0.05, 0) is 36.6 Å². The summed E-state index contributed by atoms with van der Waals surface area (Å²) in [7, 11) is 1.47. The van der Waals surface area contributed by atoms with Crippen LogP contribution in [0.4, 0.5) is 17.6 Å². The normalized spacial score (nSPS) is 15.6. The Morgan fingerprint density at radius 1 is 1.24 bits per heavy atom. The third-order valence-corrected chi connectivity index (χ3v) is 4.22. The number of halogens is 4. The van der Waals surface area contributed by atoms with Crippen LogP contribution in [0.25, 0.3) is 0 Å². The first-order valence-electron chi connectivity index (χ1n) is 7.49. The summed E-state index contributed by atoms with van der Waals surface area (Å²) in [5, 5.41) is 2.43. The number of carbonyl (C=O) groups excluding carboxylic acids is 1. The molecule has 0 radical (unpaired) electrons. The lowest BCUT2D eigenvalue weighted by Gasteiger charge is -2.20. The third kappa shape index (κ3) is 3.16. The predicted octanol–water partition coefficient (Wildman–Crippen LogP) is 3.97. The Labute approximate surface area is 140 Å². The highest BCUT2D eigenvalue weighted by atomic mass is 19.4. The van der Waals surface area contributed by atoms with Gasteiger partial charge >= 0.3 is 6.18 Å². The first-order valence-corrected chi connectivity index (χ1v) is 7.49. The molecule has 0 bridgehead atoms. The molecule has 0 atom stereocenters. The molecule has 4 nitrogen and oxygen atoms in total. The Morgan fingerprint density at radius 3 is 2.44 bits per heavy atom. The molecule has 0 spiro atoms. The molecule has 132 valence electrons. The van der Waals surface area contributed by atoms with Crippen molar-refractivity contribution in [3.8, 4) is 11.6 Å². The van der Waals surface area contributed by atoms with E-state index in [1.54, 1.807) is 0 Å². The maximum absolute atomic E-state index is 14.2. The number of pyridine rings is 1. The largest absolute Gasteiger partial charge is 0.436 e. The van der Waals surface area contributed by atoms with E-state index in [1.807, 2.05) is 0 Å². The highest BCUT2D eigenvalue weighted by Gasteiger charge is 2.64. The fourth-order valence-corrected chi connectivity index (χ4v) is 2.57. The van der Waals surface area contributed by atoms with Gasteiger partial charge in [-0.15, -0.1) is 0 Å². The van der Waals surface area contributed by atoms with E-state index in [4.69, 9.17) is 4.74 Å². The molecule has 1 heterocycles. The highest BCUT2D eigenvalue weighted by molar-refractivity contribution is 5.93. The summed E-state index contributed by atoms with van der Waals surface area (Å²) >= 11 is 0. The number of benzene rings is 1. The standard InChI is InChI=1S/C17H14F4N2O2/c1-22-15(24)10-2-5-14(23-9-10)25-13-4-3-11(8-12(13)18)16(6-7-16)17(19,20)21/h2-5,8-9H,6-7H2,1H3,(H,22,24). The Morgan fingerprint density at radius 2 is 1.96 bits per heavy atom. The van der Waals surface area contributed by atoms with E-state index in [0.29, 0.717) is 5.56 Å². The van der Waals surface area contributed by atoms with Crippen molar-refractivity contribution in [1.82, 2.24) is 10.3 Å². The maximum Gasteiger partial charge on any atom is 0.398 e. The number of hydrogen-bond donors (Lipinski definition) is 1. The monoisotopic (exact) mass is 354 g/mol. The average Bonchev–Trinajstić information content (AvgIpc) is 3.38. The fourth-order valence-electron chi connectivity index (χ4n) is 2.57. The zero-order valence-corrected chi connectivity index (χ0v) is 13.2. The van der Waals surface area contributed by atoms with Crippen LogP contribution in [0.1, 0.15) is 28.8 Å². The Bertz CT molecular complexity index is 799. The number of ether oxygens (including phenoxy) is 1. The van der Waals surface area contributed by atoms with E-state index in [0.717, 1.165) is 12.1 Å². The lowest BCUT2D eigenvalue weighted by Crippen LogP contribution is -2.28. The number of nitrogens with one attached hydrogen (secondary N) is 1. The molecular weight excluding hydrogens is 340 g/mol. The molecule has 1 N–H and O–H groups in total. The molecule has 2 aromatic rings. The van der Waals surface area contributed by atoms with Crippen molar-refractivity contribution in [1.29, 1.82) is 0 Å². The second-order valence-electron chi connectivity index (χ2n) is 5.79. The predicted molar refractivity (Wildman–Crippen MR) is 81.1 cm³/mol. The van der Waals surface area contributed by atoms with Crippen LogP contribution < -0.4 is 10.1 Å². The number of nitrogens with zero attached hydrogens (tertiary/aromatic N) is 1. The number of aromatic nitrogens is 1. The van der Waals surface area contributed by atoms with E-state index in [9.17, 15) is 22.4 Å². The van der Waals surface area contributed by atoms with Gasteiger partial charge in [0.15, 0.2) is 11.6 Å². The molecule has 25 heavy (non-hydrogen) atoms. The SMILES string of the molecule is CNC(=O)c1ccc(Oc2ccc(C3(C(F)(F)F)CC3)cc2F)nc1. The molecule has 0 saturated heterocycles. The number of rotatable bonds is 4. The summed E-state index contributed by atoms with van der Waals surface area (Å²) in [6.07, 6.45) is -3.24. The summed E-state index contributed by atoms with van der Waals surface area (Å²) in [4.78, 5) is 15.3. The molecule has 1 amide bonds. The zero-order chi connectivity index (χ0) is 18.2. The van der Waals surface area contributed by atoms with E-state index in [1.165, 1.54) is 31.4 Å². The molecule has 0 aliphatic heterocycles. The lowest BCUT2D eigenvalue weighted by molar-refractivity contribution is -0.160. The lowest BCUT2D eigenvalue weighted by atomic mass is 9.95. The van der Waals surface area contributed by atoms with Crippen molar-refractivity contribution in [3.05, 3.63) is 53.5 Å². The van der Waals surface area contributed by atoms with Crippen LogP contribution in [0.3, 0.4) is 0 Å². The molecule has 1 aromatic heterocycles. The van der Waals surface area contributed by atoms with Gasteiger partial charge in [0.05, 0.1) is 11.0 Å². The first kappa shape index (κ1) is 17.2. The van der Waals surface area contributed by atoms with Gasteiger partial charge in [-0.3, -0.25) is 4.79 Å². The van der Waals surface area contributed by atoms with Crippen LogP contribution in [-0.4, -0.2) is 24.1 Å². The van der Waals surface area contributed by atoms with Gasteiger partial charge in [-0.2, -0.15) is 13.2 Å². The van der Waals surface area contributed by atoms with Gasteiger partial charge in [-0.25, -0.2) is 9.37 Å². The summed E-state index contributed by atoms with van der Waals surface area (Å²) in [6, 6.07) is 6.05. The van der Waals surface area contributed by atoms with Crippen molar-refractivity contribution >= 4 is 5.91 Å². The second-order valence-corrected chi connectivity index (χ2v) is 5.79. The minimum absolute atomic E-state index is 0.0243. The smallest absolute Gasteiger partial charge is 0.398 e. The van der Waals surface area contributed by atoms with Gasteiger partial charge < -0.3 is 10.1 Å². The summed E-state index contributed by atoms with van der Waals surface area (Å²) < 4.78 is 58.7. The van der Waals surface area contributed by atoms with Gasteiger partial charge in [0.1, 0.15) is 0 Å². The van der Waals surface area contributed by atoms with Gasteiger partial charge in [0.25, 0.3) is 5.91 Å². The second kappa shape index (κ2) is 6.02. The van der Waals surface area contributed by atoms with Crippen LogP contribution in [0.15, 0.2) is 36.5 Å². The fraction of sp³-hybridized carbons (Fsp3) is 0.294. The van der Waals surface area contributed by atoms with Crippen LogP contribution >= 0.6 is 0 Å². The van der Waals surface area contributed by atoms with E-state index < -0.39 is 17.4 Å². The quantitative estimate of drug-likeness (QED) is 0.846. The van der Waals surface area contributed by atoms with Crippen molar-refractivity contribution in [2.75, 3.05) is 7.05 Å². The number of amides is 1. The summed E-state index contributed by atoms with van der Waals surface area (Å²) in [6.45, 7) is 0. The van der Waals surface area contributed by atoms with Crippen molar-refractivity contribution in [3.63, 3.8) is 0 Å². The molecule has 3 rings (SSSR count). The molecule has 1 aliphatic rings. The minimum atomic E-state index is -4.40.